The van der Waals surface area contributed by atoms with Crippen molar-refractivity contribution in [3.8, 4) is 11.1 Å². The average Bonchev–Trinajstić information content (AvgIpc) is 3.08. The molecule has 0 saturated heterocycles. The normalized spacial score (nSPS) is 14.5. The fraction of sp³-hybridized carbons (Fsp3) is 0.273. The summed E-state index contributed by atoms with van der Waals surface area (Å²) >= 11 is 0. The minimum atomic E-state index is -1.46. The van der Waals surface area contributed by atoms with Crippen LogP contribution in [0.25, 0.3) is 11.1 Å². The number of benzene rings is 4. The fourth-order valence-electron chi connectivity index (χ4n) is 5.76. The summed E-state index contributed by atoms with van der Waals surface area (Å²) < 4.78 is 0. The third-order valence-electron chi connectivity index (χ3n) is 7.79. The molecule has 0 aliphatic heterocycles. The van der Waals surface area contributed by atoms with Gasteiger partial charge in [0.25, 0.3) is 0 Å². The van der Waals surface area contributed by atoms with Crippen molar-refractivity contribution in [2.45, 2.75) is 57.5 Å². The van der Waals surface area contributed by atoms with Gasteiger partial charge in [0.05, 0.1) is 16.1 Å². The van der Waals surface area contributed by atoms with Crippen LogP contribution in [0.5, 0.6) is 0 Å². The maximum Gasteiger partial charge on any atom is 0.0776 e. The van der Waals surface area contributed by atoms with Gasteiger partial charge in [0.15, 0.2) is 0 Å². The summed E-state index contributed by atoms with van der Waals surface area (Å²) in [6, 6.07) is 37.2. The van der Waals surface area contributed by atoms with Gasteiger partial charge in [-0.3, -0.25) is 0 Å². The first-order valence-electron chi connectivity index (χ1n) is 13.0. The lowest BCUT2D eigenvalue weighted by Crippen LogP contribution is -2.41. The molecule has 0 fully saturated rings. The third kappa shape index (κ3) is 4.50. The average molecular weight is 491 g/mol. The van der Waals surface area contributed by atoms with Crippen LogP contribution in [0.1, 0.15) is 22.3 Å². The molecule has 0 aromatic heterocycles. The van der Waals surface area contributed by atoms with Crippen molar-refractivity contribution in [1.82, 2.24) is 0 Å². The molecule has 0 unspecified atom stereocenters. The monoisotopic (exact) mass is 490 g/mol. The van der Waals surface area contributed by atoms with E-state index in [0.29, 0.717) is 0 Å². The second-order valence-electron chi connectivity index (χ2n) is 12.4. The first kappa shape index (κ1) is 24.0. The van der Waals surface area contributed by atoms with Crippen LogP contribution in [0, 0.1) is 0 Å². The molecule has 178 valence electrons. The second kappa shape index (κ2) is 8.76. The van der Waals surface area contributed by atoms with Crippen molar-refractivity contribution < 1.29 is 0 Å². The van der Waals surface area contributed by atoms with Crippen LogP contribution < -0.4 is 10.4 Å². The molecule has 2 heteroatoms. The highest BCUT2D eigenvalue weighted by molar-refractivity contribution is 6.89. The Kier molecular flexibility index (Phi) is 6.01. The molecule has 0 saturated carbocycles. The molecular weight excluding hydrogens is 453 g/mol. The highest BCUT2D eigenvalue weighted by atomic mass is 28.3. The molecule has 0 bridgehead atoms. The van der Waals surface area contributed by atoms with Crippen LogP contribution in [0.2, 0.25) is 39.3 Å². The smallest absolute Gasteiger partial charge is 0.0656 e. The van der Waals surface area contributed by atoms with Gasteiger partial charge in [0, 0.05) is 5.41 Å². The van der Waals surface area contributed by atoms with Gasteiger partial charge < -0.3 is 0 Å². The summed E-state index contributed by atoms with van der Waals surface area (Å²) in [5.74, 6) is 0. The van der Waals surface area contributed by atoms with E-state index >= 15 is 0 Å². The summed E-state index contributed by atoms with van der Waals surface area (Å²) in [4.78, 5) is 0. The van der Waals surface area contributed by atoms with E-state index in [1.807, 2.05) is 0 Å². The molecule has 4 aromatic rings. The van der Waals surface area contributed by atoms with E-state index < -0.39 is 16.1 Å². The Morgan fingerprint density at radius 3 is 1.20 bits per heavy atom. The number of hydrogen-bond acceptors (Lipinski definition) is 0. The van der Waals surface area contributed by atoms with Crippen molar-refractivity contribution in [2.24, 2.45) is 0 Å². The molecule has 0 N–H and O–H groups in total. The molecule has 5 rings (SSSR count). The minimum absolute atomic E-state index is 0.0707. The predicted octanol–water partition coefficient (Wildman–Crippen LogP) is 7.53. The number of fused-ring (bicyclic) bond motifs is 3. The topological polar surface area (TPSA) is 0 Å². The highest BCUT2D eigenvalue weighted by Gasteiger charge is 2.44. The Morgan fingerprint density at radius 1 is 0.486 bits per heavy atom. The first-order valence-corrected chi connectivity index (χ1v) is 20.0. The molecule has 1 aliphatic rings. The molecule has 0 spiro atoms. The van der Waals surface area contributed by atoms with Crippen LogP contribution in [0.4, 0.5) is 0 Å². The van der Waals surface area contributed by atoms with Crippen LogP contribution in [-0.4, -0.2) is 16.1 Å². The van der Waals surface area contributed by atoms with Crippen molar-refractivity contribution in [3.63, 3.8) is 0 Å². The Hall–Kier alpha value is -2.69. The molecule has 4 aromatic carbocycles. The summed E-state index contributed by atoms with van der Waals surface area (Å²) in [6.45, 7) is 14.8. The summed E-state index contributed by atoms with van der Waals surface area (Å²) in [7, 11) is -2.92. The van der Waals surface area contributed by atoms with E-state index in [1.54, 1.807) is 10.4 Å². The zero-order valence-electron chi connectivity index (χ0n) is 22.2. The molecule has 35 heavy (non-hydrogen) atoms. The van der Waals surface area contributed by atoms with E-state index in [1.165, 1.54) is 33.4 Å². The fourth-order valence-corrected chi connectivity index (χ4v) is 8.08. The zero-order chi connectivity index (χ0) is 24.8. The van der Waals surface area contributed by atoms with Gasteiger partial charge in [-0.2, -0.15) is 0 Å². The predicted molar refractivity (Wildman–Crippen MR) is 159 cm³/mol. The van der Waals surface area contributed by atoms with E-state index in [-0.39, 0.29) is 5.41 Å². The second-order valence-corrected chi connectivity index (χ2v) is 22.6. The maximum absolute atomic E-state index is 2.60. The van der Waals surface area contributed by atoms with Gasteiger partial charge in [-0.1, -0.05) is 147 Å². The van der Waals surface area contributed by atoms with Crippen LogP contribution in [0.3, 0.4) is 0 Å². The summed E-state index contributed by atoms with van der Waals surface area (Å²) in [5, 5.41) is 3.11. The van der Waals surface area contributed by atoms with Crippen molar-refractivity contribution >= 4 is 26.5 Å². The van der Waals surface area contributed by atoms with Crippen LogP contribution in [0.15, 0.2) is 97.1 Å². The van der Waals surface area contributed by atoms with Gasteiger partial charge in [-0.25, -0.2) is 0 Å². The number of rotatable bonds is 6. The van der Waals surface area contributed by atoms with Gasteiger partial charge in [-0.15, -0.1) is 0 Å². The van der Waals surface area contributed by atoms with Gasteiger partial charge in [-0.05, 0) is 46.2 Å². The lowest BCUT2D eigenvalue weighted by atomic mass is 9.69. The van der Waals surface area contributed by atoms with Crippen molar-refractivity contribution in [3.05, 3.63) is 119 Å². The minimum Gasteiger partial charge on any atom is -0.0656 e. The standard InChI is InChI=1S/C33H38Si2/c1-34(2,3)27-17-19-29-30-20-18-28(35(4,5)6)22-32(30)33(31(29)21-27,23-25-13-9-7-10-14-25)24-26-15-11-8-12-16-26/h7-22H,23-24H2,1-6H3. The quantitative estimate of drug-likeness (QED) is 0.245. The first-order chi connectivity index (χ1) is 16.6. The van der Waals surface area contributed by atoms with E-state index in [2.05, 4.69) is 136 Å². The molecular formula is C33H38Si2. The van der Waals surface area contributed by atoms with Crippen molar-refractivity contribution in [2.75, 3.05) is 0 Å². The van der Waals surface area contributed by atoms with Crippen LogP contribution in [-0.2, 0) is 18.3 Å². The third-order valence-corrected chi connectivity index (χ3v) is 11.9. The van der Waals surface area contributed by atoms with Gasteiger partial charge in [0.2, 0.25) is 0 Å². The van der Waals surface area contributed by atoms with E-state index in [0.717, 1.165) is 12.8 Å². The van der Waals surface area contributed by atoms with Gasteiger partial charge in [0.1, 0.15) is 0 Å². The Labute approximate surface area is 214 Å². The Bertz CT molecular complexity index is 1230. The summed E-state index contributed by atoms with van der Waals surface area (Å²) in [6.07, 6.45) is 2.04. The zero-order valence-corrected chi connectivity index (χ0v) is 24.2. The molecule has 0 nitrogen and oxygen atoms in total. The Morgan fingerprint density at radius 2 is 0.857 bits per heavy atom. The maximum atomic E-state index is 2.60. The highest BCUT2D eigenvalue weighted by Crippen LogP contribution is 2.52. The van der Waals surface area contributed by atoms with Crippen LogP contribution >= 0.6 is 0 Å². The van der Waals surface area contributed by atoms with E-state index in [4.69, 9.17) is 0 Å². The van der Waals surface area contributed by atoms with E-state index in [9.17, 15) is 0 Å². The molecule has 0 amide bonds. The lowest BCUT2D eigenvalue weighted by molar-refractivity contribution is 0.520. The van der Waals surface area contributed by atoms with Crippen molar-refractivity contribution in [1.29, 1.82) is 0 Å². The SMILES string of the molecule is C[Si](C)(C)c1ccc2c(c1)C(Cc1ccccc1)(Cc1ccccc1)c1cc([Si](C)(C)C)ccc1-2. The summed E-state index contributed by atoms with van der Waals surface area (Å²) in [5.41, 5.74) is 8.71. The molecule has 1 aliphatic carbocycles. The largest absolute Gasteiger partial charge is 0.0776 e. The molecule has 0 heterocycles. The molecule has 0 atom stereocenters. The lowest BCUT2D eigenvalue weighted by Gasteiger charge is -2.34. The Balaban J connectivity index is 1.82. The van der Waals surface area contributed by atoms with Gasteiger partial charge >= 0.3 is 0 Å². The number of hydrogen-bond donors (Lipinski definition) is 0. The molecule has 0 radical (unpaired) electrons.